The van der Waals surface area contributed by atoms with E-state index in [1.807, 2.05) is 42.5 Å². The number of aromatic nitrogens is 4. The molecule has 0 saturated carbocycles. The molecular weight excluding hydrogens is 358 g/mol. The van der Waals surface area contributed by atoms with E-state index in [1.54, 1.807) is 28.8 Å². The maximum absolute atomic E-state index is 12.3. The molecule has 0 aliphatic rings. The summed E-state index contributed by atoms with van der Waals surface area (Å²) in [6, 6.07) is 17.1. The van der Waals surface area contributed by atoms with E-state index in [0.717, 1.165) is 11.3 Å². The molecule has 0 spiro atoms. The molecule has 0 N–H and O–H groups in total. The minimum atomic E-state index is 0.0134. The van der Waals surface area contributed by atoms with Crippen molar-refractivity contribution in [2.24, 2.45) is 0 Å². The van der Waals surface area contributed by atoms with Gasteiger partial charge < -0.3 is 4.90 Å². The van der Waals surface area contributed by atoms with Crippen molar-refractivity contribution < 1.29 is 4.79 Å². The molecule has 3 rings (SSSR count). The van der Waals surface area contributed by atoms with Crippen molar-refractivity contribution in [2.45, 2.75) is 11.7 Å². The zero-order valence-corrected chi connectivity index (χ0v) is 15.1. The van der Waals surface area contributed by atoms with Crippen LogP contribution in [0.2, 0.25) is 5.02 Å². The minimum Gasteiger partial charge on any atom is -0.341 e. The molecule has 1 heterocycles. The van der Waals surface area contributed by atoms with Gasteiger partial charge in [-0.05, 0) is 40.3 Å². The van der Waals surface area contributed by atoms with Crippen LogP contribution in [0.25, 0.3) is 5.69 Å². The summed E-state index contributed by atoms with van der Waals surface area (Å²) < 4.78 is 1.59. The Bertz CT molecular complexity index is 838. The average molecular weight is 374 g/mol. The normalized spacial score (nSPS) is 10.6. The molecule has 1 amide bonds. The highest BCUT2D eigenvalue weighted by atomic mass is 35.5. The lowest BCUT2D eigenvalue weighted by Crippen LogP contribution is -2.27. The highest BCUT2D eigenvalue weighted by Crippen LogP contribution is 2.20. The number of rotatable bonds is 6. The van der Waals surface area contributed by atoms with Crippen LogP contribution in [0.15, 0.2) is 59.8 Å². The van der Waals surface area contributed by atoms with Gasteiger partial charge in [-0.3, -0.25) is 4.79 Å². The second kappa shape index (κ2) is 8.13. The number of carbonyl (C=O) groups excluding carboxylic acids is 1. The van der Waals surface area contributed by atoms with Gasteiger partial charge in [0.2, 0.25) is 11.1 Å². The summed E-state index contributed by atoms with van der Waals surface area (Å²) >= 11 is 7.20. The van der Waals surface area contributed by atoms with E-state index < -0.39 is 0 Å². The van der Waals surface area contributed by atoms with Gasteiger partial charge in [-0.15, -0.1) is 5.10 Å². The van der Waals surface area contributed by atoms with E-state index in [0.29, 0.717) is 16.7 Å². The number of thioether (sulfide) groups is 1. The molecule has 0 aliphatic heterocycles. The van der Waals surface area contributed by atoms with Gasteiger partial charge in [-0.2, -0.15) is 4.68 Å². The number of carbonyl (C=O) groups is 1. The highest BCUT2D eigenvalue weighted by molar-refractivity contribution is 7.99. The van der Waals surface area contributed by atoms with Crippen LogP contribution in [0.1, 0.15) is 5.56 Å². The van der Waals surface area contributed by atoms with E-state index in [9.17, 15) is 4.79 Å². The molecule has 0 aliphatic carbocycles. The lowest BCUT2D eigenvalue weighted by atomic mass is 10.2. The van der Waals surface area contributed by atoms with Crippen molar-refractivity contribution in [3.8, 4) is 5.69 Å². The van der Waals surface area contributed by atoms with E-state index in [-0.39, 0.29) is 11.7 Å². The Morgan fingerprint density at radius 3 is 2.60 bits per heavy atom. The first kappa shape index (κ1) is 17.4. The van der Waals surface area contributed by atoms with E-state index in [1.165, 1.54) is 11.8 Å². The smallest absolute Gasteiger partial charge is 0.233 e. The van der Waals surface area contributed by atoms with Gasteiger partial charge >= 0.3 is 0 Å². The lowest BCUT2D eigenvalue weighted by Gasteiger charge is -2.16. The third-order valence-electron chi connectivity index (χ3n) is 3.53. The Kier molecular flexibility index (Phi) is 5.67. The van der Waals surface area contributed by atoms with Crippen molar-refractivity contribution in [3.63, 3.8) is 0 Å². The van der Waals surface area contributed by atoms with Crippen LogP contribution in [0.4, 0.5) is 0 Å². The maximum Gasteiger partial charge on any atom is 0.233 e. The average Bonchev–Trinajstić information content (AvgIpc) is 3.09. The van der Waals surface area contributed by atoms with Crippen LogP contribution >= 0.6 is 23.4 Å². The number of hydrogen-bond donors (Lipinski definition) is 0. The van der Waals surface area contributed by atoms with Crippen LogP contribution in [-0.4, -0.2) is 43.8 Å². The SMILES string of the molecule is CN(Cc1ccccc1)C(=O)CSc1nnnn1-c1ccc(Cl)cc1. The second-order valence-electron chi connectivity index (χ2n) is 5.37. The minimum absolute atomic E-state index is 0.0134. The van der Waals surface area contributed by atoms with Crippen molar-refractivity contribution in [3.05, 3.63) is 65.2 Å². The molecule has 0 atom stereocenters. The fourth-order valence-corrected chi connectivity index (χ4v) is 3.15. The van der Waals surface area contributed by atoms with Gasteiger partial charge in [0, 0.05) is 18.6 Å². The molecule has 0 saturated heterocycles. The van der Waals surface area contributed by atoms with Crippen molar-refractivity contribution in [1.82, 2.24) is 25.1 Å². The number of nitrogens with zero attached hydrogens (tertiary/aromatic N) is 5. The molecule has 128 valence electrons. The van der Waals surface area contributed by atoms with Gasteiger partial charge in [0.25, 0.3) is 0 Å². The summed E-state index contributed by atoms with van der Waals surface area (Å²) in [5, 5.41) is 12.9. The zero-order chi connectivity index (χ0) is 17.6. The fraction of sp³-hybridized carbons (Fsp3) is 0.176. The Morgan fingerprint density at radius 1 is 1.16 bits per heavy atom. The van der Waals surface area contributed by atoms with Gasteiger partial charge in [0.1, 0.15) is 0 Å². The van der Waals surface area contributed by atoms with Crippen molar-refractivity contribution in [2.75, 3.05) is 12.8 Å². The van der Waals surface area contributed by atoms with E-state index in [2.05, 4.69) is 15.5 Å². The molecule has 25 heavy (non-hydrogen) atoms. The molecule has 0 unspecified atom stereocenters. The molecule has 6 nitrogen and oxygen atoms in total. The fourth-order valence-electron chi connectivity index (χ4n) is 2.20. The Morgan fingerprint density at radius 2 is 1.88 bits per heavy atom. The first-order valence-electron chi connectivity index (χ1n) is 7.58. The number of tetrazole rings is 1. The van der Waals surface area contributed by atoms with Crippen LogP contribution in [0.3, 0.4) is 0 Å². The van der Waals surface area contributed by atoms with Crippen LogP contribution in [0.5, 0.6) is 0 Å². The van der Waals surface area contributed by atoms with Crippen LogP contribution < -0.4 is 0 Å². The quantitative estimate of drug-likeness (QED) is 0.621. The summed E-state index contributed by atoms with van der Waals surface area (Å²) in [7, 11) is 1.79. The number of halogens is 1. The van der Waals surface area contributed by atoms with Gasteiger partial charge in [0.05, 0.1) is 11.4 Å². The highest BCUT2D eigenvalue weighted by Gasteiger charge is 2.14. The summed E-state index contributed by atoms with van der Waals surface area (Å²) in [5.41, 5.74) is 1.89. The van der Waals surface area contributed by atoms with Crippen molar-refractivity contribution in [1.29, 1.82) is 0 Å². The van der Waals surface area contributed by atoms with Crippen LogP contribution in [0, 0.1) is 0 Å². The van der Waals surface area contributed by atoms with E-state index in [4.69, 9.17) is 11.6 Å². The predicted octanol–water partition coefficient (Wildman–Crippen LogP) is 3.07. The zero-order valence-electron chi connectivity index (χ0n) is 13.5. The van der Waals surface area contributed by atoms with E-state index >= 15 is 0 Å². The summed E-state index contributed by atoms with van der Waals surface area (Å²) in [4.78, 5) is 14.0. The Labute approximate surface area is 154 Å². The molecule has 0 radical (unpaired) electrons. The van der Waals surface area contributed by atoms with Crippen molar-refractivity contribution >= 4 is 29.3 Å². The first-order valence-corrected chi connectivity index (χ1v) is 8.95. The molecular formula is C17H16ClN5OS. The number of benzene rings is 2. The van der Waals surface area contributed by atoms with Gasteiger partial charge in [-0.25, -0.2) is 0 Å². The summed E-state index contributed by atoms with van der Waals surface area (Å²) in [6.45, 7) is 0.572. The largest absolute Gasteiger partial charge is 0.341 e. The topological polar surface area (TPSA) is 63.9 Å². The van der Waals surface area contributed by atoms with Gasteiger partial charge in [-0.1, -0.05) is 53.7 Å². The van der Waals surface area contributed by atoms with Crippen LogP contribution in [-0.2, 0) is 11.3 Å². The molecule has 3 aromatic rings. The number of hydrogen-bond acceptors (Lipinski definition) is 5. The molecule has 8 heteroatoms. The Hall–Kier alpha value is -2.38. The second-order valence-corrected chi connectivity index (χ2v) is 6.75. The molecule has 1 aromatic heterocycles. The monoisotopic (exact) mass is 373 g/mol. The maximum atomic E-state index is 12.3. The molecule has 2 aromatic carbocycles. The van der Waals surface area contributed by atoms with Gasteiger partial charge in [0.15, 0.2) is 0 Å². The summed E-state index contributed by atoms with van der Waals surface area (Å²) in [5.74, 6) is 0.275. The standard InChI is InChI=1S/C17H16ClN5OS/c1-22(11-13-5-3-2-4-6-13)16(24)12-25-17-19-20-21-23(17)15-9-7-14(18)8-10-15/h2-10H,11-12H2,1H3. The third kappa shape index (κ3) is 4.58. The lowest BCUT2D eigenvalue weighted by molar-refractivity contribution is -0.127. The molecule has 0 fully saturated rings. The first-order chi connectivity index (χ1) is 12.1. The molecule has 0 bridgehead atoms. The third-order valence-corrected chi connectivity index (χ3v) is 4.68. The Balaban J connectivity index is 1.61. The summed E-state index contributed by atoms with van der Waals surface area (Å²) in [6.07, 6.45) is 0. The number of amides is 1. The predicted molar refractivity (Wildman–Crippen MR) is 97.8 cm³/mol.